The van der Waals surface area contributed by atoms with Gasteiger partial charge in [0.15, 0.2) is 0 Å². The summed E-state index contributed by atoms with van der Waals surface area (Å²) < 4.78 is 53.9. The second-order valence-electron chi connectivity index (χ2n) is 7.32. The summed E-state index contributed by atoms with van der Waals surface area (Å²) >= 11 is 0. The third-order valence-corrected chi connectivity index (χ3v) is 6.99. The molecule has 0 aliphatic heterocycles. The average Bonchev–Trinajstić information content (AvgIpc) is 2.95. The van der Waals surface area contributed by atoms with Crippen LogP contribution in [0.2, 0.25) is 0 Å². The normalized spacial score (nSPS) is 23.1. The van der Waals surface area contributed by atoms with Crippen LogP contribution < -0.4 is 4.72 Å². The molecule has 1 fully saturated rings. The van der Waals surface area contributed by atoms with Crippen molar-refractivity contribution in [3.63, 3.8) is 0 Å². The lowest BCUT2D eigenvalue weighted by atomic mass is 9.88. The van der Waals surface area contributed by atoms with Crippen LogP contribution in [-0.2, 0) is 15.6 Å². The molecule has 0 radical (unpaired) electrons. The second kappa shape index (κ2) is 7.30. The highest BCUT2D eigenvalue weighted by Gasteiger charge is 2.44. The number of benzene rings is 2. The van der Waals surface area contributed by atoms with Crippen LogP contribution >= 0.6 is 0 Å². The molecule has 2 atom stereocenters. The van der Waals surface area contributed by atoms with Gasteiger partial charge in [0.2, 0.25) is 10.0 Å². The molecule has 0 amide bonds. The van der Waals surface area contributed by atoms with Gasteiger partial charge in [-0.15, -0.1) is 0 Å². The Balaban J connectivity index is 1.89. The first-order valence-electron chi connectivity index (χ1n) is 8.92. The summed E-state index contributed by atoms with van der Waals surface area (Å²) in [7, 11) is -3.51. The molecule has 2 aromatic rings. The lowest BCUT2D eigenvalue weighted by molar-refractivity contribution is 0.0231. The van der Waals surface area contributed by atoms with Crippen LogP contribution in [0.5, 0.6) is 0 Å². The van der Waals surface area contributed by atoms with E-state index >= 15 is 0 Å². The fourth-order valence-electron chi connectivity index (χ4n) is 3.50. The standard InChI is InChI=1S/C20H23F2NO3S/c1-13(2)27(25,26)23-19-4-3-9-20(19,24)16-7-5-14(6-8-16)15-10-17(21)12-18(22)11-15/h5-8,10-13,19,23-24H,3-4,9H2,1-2H3. The van der Waals surface area contributed by atoms with Gasteiger partial charge in [0.1, 0.15) is 17.2 Å². The Morgan fingerprint density at radius 1 is 1.07 bits per heavy atom. The first-order valence-corrected chi connectivity index (χ1v) is 10.5. The van der Waals surface area contributed by atoms with E-state index < -0.39 is 38.6 Å². The summed E-state index contributed by atoms with van der Waals surface area (Å²) in [5.41, 5.74) is 0.276. The van der Waals surface area contributed by atoms with Crippen molar-refractivity contribution in [3.8, 4) is 11.1 Å². The van der Waals surface area contributed by atoms with Crippen molar-refractivity contribution in [1.29, 1.82) is 0 Å². The molecule has 4 nitrogen and oxygen atoms in total. The minimum absolute atomic E-state index is 0.398. The van der Waals surface area contributed by atoms with Gasteiger partial charge >= 0.3 is 0 Å². The van der Waals surface area contributed by atoms with E-state index in [1.807, 2.05) is 0 Å². The van der Waals surface area contributed by atoms with E-state index in [-0.39, 0.29) is 0 Å². The summed E-state index contributed by atoms with van der Waals surface area (Å²) in [6.07, 6.45) is 1.67. The number of nitrogens with one attached hydrogen (secondary N) is 1. The Morgan fingerprint density at radius 3 is 2.22 bits per heavy atom. The molecule has 2 unspecified atom stereocenters. The molecule has 27 heavy (non-hydrogen) atoms. The van der Waals surface area contributed by atoms with Gasteiger partial charge in [0.25, 0.3) is 0 Å². The van der Waals surface area contributed by atoms with Crippen molar-refractivity contribution in [2.45, 2.75) is 50.0 Å². The molecule has 1 saturated carbocycles. The highest BCUT2D eigenvalue weighted by Crippen LogP contribution is 2.40. The maximum Gasteiger partial charge on any atom is 0.214 e. The molecule has 0 heterocycles. The van der Waals surface area contributed by atoms with Gasteiger partial charge < -0.3 is 5.11 Å². The van der Waals surface area contributed by atoms with Gasteiger partial charge in [-0.3, -0.25) is 0 Å². The Labute approximate surface area is 158 Å². The van der Waals surface area contributed by atoms with E-state index in [9.17, 15) is 22.3 Å². The van der Waals surface area contributed by atoms with Crippen molar-refractivity contribution in [1.82, 2.24) is 4.72 Å². The van der Waals surface area contributed by atoms with Gasteiger partial charge in [-0.1, -0.05) is 24.3 Å². The van der Waals surface area contributed by atoms with Crippen molar-refractivity contribution >= 4 is 10.0 Å². The lowest BCUT2D eigenvalue weighted by Crippen LogP contribution is -2.48. The van der Waals surface area contributed by atoms with Crippen LogP contribution in [0.25, 0.3) is 11.1 Å². The zero-order chi connectivity index (χ0) is 19.8. The fraction of sp³-hybridized carbons (Fsp3) is 0.400. The number of halogens is 2. The molecule has 7 heteroatoms. The van der Waals surface area contributed by atoms with E-state index in [1.165, 1.54) is 12.1 Å². The molecule has 2 N–H and O–H groups in total. The first-order chi connectivity index (χ1) is 12.6. The SMILES string of the molecule is CC(C)S(=O)(=O)NC1CCCC1(O)c1ccc(-c2cc(F)cc(F)c2)cc1. The average molecular weight is 395 g/mol. The van der Waals surface area contributed by atoms with Crippen LogP contribution in [0.3, 0.4) is 0 Å². The molecule has 0 saturated heterocycles. The highest BCUT2D eigenvalue weighted by molar-refractivity contribution is 7.90. The van der Waals surface area contributed by atoms with E-state index in [0.29, 0.717) is 36.0 Å². The van der Waals surface area contributed by atoms with Crippen LogP contribution in [-0.4, -0.2) is 24.8 Å². The Morgan fingerprint density at radius 2 is 1.67 bits per heavy atom. The predicted octanol–water partition coefficient (Wildman–Crippen LogP) is 3.70. The zero-order valence-corrected chi connectivity index (χ0v) is 16.1. The zero-order valence-electron chi connectivity index (χ0n) is 15.2. The third-order valence-electron chi connectivity index (χ3n) is 5.13. The van der Waals surface area contributed by atoms with Crippen molar-refractivity contribution in [3.05, 3.63) is 59.7 Å². The van der Waals surface area contributed by atoms with Gasteiger partial charge in [-0.2, -0.15) is 0 Å². The summed E-state index contributed by atoms with van der Waals surface area (Å²) in [6, 6.07) is 9.39. The van der Waals surface area contributed by atoms with Crippen molar-refractivity contribution in [2.24, 2.45) is 0 Å². The maximum atomic E-state index is 13.4. The minimum atomic E-state index is -3.51. The monoisotopic (exact) mass is 395 g/mol. The van der Waals surface area contributed by atoms with E-state index in [2.05, 4.69) is 4.72 Å². The van der Waals surface area contributed by atoms with E-state index in [4.69, 9.17) is 0 Å². The molecular formula is C20H23F2NO3S. The largest absolute Gasteiger partial charge is 0.383 e. The van der Waals surface area contributed by atoms with Crippen molar-refractivity contribution in [2.75, 3.05) is 0 Å². The van der Waals surface area contributed by atoms with Gasteiger partial charge in [-0.25, -0.2) is 21.9 Å². The minimum Gasteiger partial charge on any atom is -0.383 e. The van der Waals surface area contributed by atoms with Crippen molar-refractivity contribution < 1.29 is 22.3 Å². The Kier molecular flexibility index (Phi) is 5.38. The number of aliphatic hydroxyl groups is 1. The maximum absolute atomic E-state index is 13.4. The number of hydrogen-bond donors (Lipinski definition) is 2. The molecule has 0 aromatic heterocycles. The molecule has 1 aliphatic rings. The van der Waals surface area contributed by atoms with E-state index in [1.54, 1.807) is 38.1 Å². The molecule has 146 valence electrons. The lowest BCUT2D eigenvalue weighted by Gasteiger charge is -2.31. The molecule has 2 aromatic carbocycles. The molecule has 0 bridgehead atoms. The number of rotatable bonds is 5. The van der Waals surface area contributed by atoms with Gasteiger partial charge in [-0.05, 0) is 61.9 Å². The van der Waals surface area contributed by atoms with Gasteiger partial charge in [0, 0.05) is 6.07 Å². The number of hydrogen-bond acceptors (Lipinski definition) is 3. The second-order valence-corrected chi connectivity index (χ2v) is 9.58. The summed E-state index contributed by atoms with van der Waals surface area (Å²) in [6.45, 7) is 3.17. The summed E-state index contributed by atoms with van der Waals surface area (Å²) in [5.74, 6) is -1.32. The predicted molar refractivity (Wildman–Crippen MR) is 101 cm³/mol. The molecule has 1 aliphatic carbocycles. The van der Waals surface area contributed by atoms with E-state index in [0.717, 1.165) is 6.07 Å². The third kappa shape index (κ3) is 4.05. The smallest absolute Gasteiger partial charge is 0.214 e. The first kappa shape index (κ1) is 19.9. The van der Waals surface area contributed by atoms with Crippen LogP contribution in [0.4, 0.5) is 8.78 Å². The molecule has 3 rings (SSSR count). The van der Waals surface area contributed by atoms with Crippen LogP contribution in [0.1, 0.15) is 38.7 Å². The Bertz CT molecular complexity index is 908. The quantitative estimate of drug-likeness (QED) is 0.811. The fourth-order valence-corrected chi connectivity index (χ4v) is 4.48. The summed E-state index contributed by atoms with van der Waals surface area (Å²) in [5, 5.41) is 10.6. The van der Waals surface area contributed by atoms with Crippen LogP contribution in [0.15, 0.2) is 42.5 Å². The number of sulfonamides is 1. The molecule has 0 spiro atoms. The van der Waals surface area contributed by atoms with Crippen LogP contribution in [0, 0.1) is 11.6 Å². The van der Waals surface area contributed by atoms with Gasteiger partial charge in [0.05, 0.1) is 11.3 Å². The highest BCUT2D eigenvalue weighted by atomic mass is 32.2. The Hall–Kier alpha value is -1.83. The molecular weight excluding hydrogens is 372 g/mol. The topological polar surface area (TPSA) is 66.4 Å². The summed E-state index contributed by atoms with van der Waals surface area (Å²) in [4.78, 5) is 0.